The van der Waals surface area contributed by atoms with Crippen LogP contribution in [0.1, 0.15) is 32.3 Å². The highest BCUT2D eigenvalue weighted by Crippen LogP contribution is 2.39. The van der Waals surface area contributed by atoms with Crippen molar-refractivity contribution in [3.8, 4) is 16.9 Å². The van der Waals surface area contributed by atoms with E-state index in [0.29, 0.717) is 0 Å². The summed E-state index contributed by atoms with van der Waals surface area (Å²) in [7, 11) is 1.67. The van der Waals surface area contributed by atoms with E-state index in [4.69, 9.17) is 4.74 Å². The van der Waals surface area contributed by atoms with Crippen molar-refractivity contribution in [2.75, 3.05) is 7.11 Å². The summed E-state index contributed by atoms with van der Waals surface area (Å²) in [6, 6.07) is 16.1. The number of carbonyl (C=O) groups excluding carboxylic acids is 1. The molecule has 0 radical (unpaired) electrons. The lowest BCUT2D eigenvalue weighted by atomic mass is 9.74. The first-order chi connectivity index (χ1) is 10.2. The van der Waals surface area contributed by atoms with E-state index in [1.807, 2.05) is 36.4 Å². The van der Waals surface area contributed by atoms with Crippen LogP contribution in [-0.2, 0) is 10.2 Å². The van der Waals surface area contributed by atoms with Crippen molar-refractivity contribution in [1.82, 2.24) is 0 Å². The summed E-state index contributed by atoms with van der Waals surface area (Å²) in [4.78, 5) is 11.8. The average molecular weight is 282 g/mol. The molecule has 2 rings (SSSR count). The summed E-state index contributed by atoms with van der Waals surface area (Å²) in [6.45, 7) is 4.13. The minimum atomic E-state index is -0.433. The van der Waals surface area contributed by atoms with Gasteiger partial charge in [-0.2, -0.15) is 0 Å². The fourth-order valence-electron chi connectivity index (χ4n) is 2.88. The van der Waals surface area contributed by atoms with E-state index in [-0.39, 0.29) is 0 Å². The lowest BCUT2D eigenvalue weighted by Crippen LogP contribution is -2.27. The molecular formula is C19H22O2. The molecule has 0 N–H and O–H groups in total. The Labute approximate surface area is 126 Å². The molecule has 0 heterocycles. The van der Waals surface area contributed by atoms with Crippen molar-refractivity contribution in [1.29, 1.82) is 0 Å². The summed E-state index contributed by atoms with van der Waals surface area (Å²) in [5.41, 5.74) is 2.75. The molecule has 2 heteroatoms. The summed E-state index contributed by atoms with van der Waals surface area (Å²) in [5, 5.41) is 0. The first-order valence-corrected chi connectivity index (χ1v) is 7.41. The zero-order chi connectivity index (χ0) is 15.3. The number of rotatable bonds is 6. The predicted molar refractivity (Wildman–Crippen MR) is 86.8 cm³/mol. The van der Waals surface area contributed by atoms with Gasteiger partial charge in [-0.05, 0) is 30.0 Å². The van der Waals surface area contributed by atoms with Gasteiger partial charge in [0, 0.05) is 5.56 Å². The third kappa shape index (κ3) is 2.71. The van der Waals surface area contributed by atoms with Gasteiger partial charge in [0.15, 0.2) is 0 Å². The fourth-order valence-corrected chi connectivity index (χ4v) is 2.88. The standard InChI is InChI=1S/C19H22O2/c1-4-19(5-2,14-20)17-12-8-6-10-15(17)16-11-7-9-13-18(16)21-3/h6-14H,4-5H2,1-3H3. The van der Waals surface area contributed by atoms with Crippen LogP contribution in [0.3, 0.4) is 0 Å². The predicted octanol–water partition coefficient (Wildman–Crippen LogP) is 4.62. The van der Waals surface area contributed by atoms with Gasteiger partial charge in [0.2, 0.25) is 0 Å². The fraction of sp³-hybridized carbons (Fsp3) is 0.316. The zero-order valence-corrected chi connectivity index (χ0v) is 12.9. The topological polar surface area (TPSA) is 26.3 Å². The Balaban J connectivity index is 2.69. The van der Waals surface area contributed by atoms with Crippen molar-refractivity contribution in [3.05, 3.63) is 54.1 Å². The second-order valence-electron chi connectivity index (χ2n) is 5.23. The van der Waals surface area contributed by atoms with Gasteiger partial charge in [0.05, 0.1) is 12.5 Å². The quantitative estimate of drug-likeness (QED) is 0.723. The molecule has 0 fully saturated rings. The van der Waals surface area contributed by atoms with Crippen LogP contribution >= 0.6 is 0 Å². The van der Waals surface area contributed by atoms with Crippen LogP contribution in [0.2, 0.25) is 0 Å². The maximum Gasteiger partial charge on any atom is 0.130 e. The van der Waals surface area contributed by atoms with E-state index in [1.54, 1.807) is 7.11 Å². The van der Waals surface area contributed by atoms with Gasteiger partial charge in [0.25, 0.3) is 0 Å². The van der Waals surface area contributed by atoms with Crippen LogP contribution in [-0.4, -0.2) is 13.4 Å². The Hall–Kier alpha value is -2.09. The Morgan fingerprint density at radius 3 is 2.10 bits per heavy atom. The highest BCUT2D eigenvalue weighted by Gasteiger charge is 2.30. The molecule has 0 amide bonds. The summed E-state index contributed by atoms with van der Waals surface area (Å²) >= 11 is 0. The maximum atomic E-state index is 11.8. The van der Waals surface area contributed by atoms with Crippen molar-refractivity contribution in [2.24, 2.45) is 0 Å². The number of para-hydroxylation sites is 1. The largest absolute Gasteiger partial charge is 0.496 e. The van der Waals surface area contributed by atoms with Gasteiger partial charge < -0.3 is 9.53 Å². The number of carbonyl (C=O) groups is 1. The van der Waals surface area contributed by atoms with Gasteiger partial charge in [-0.25, -0.2) is 0 Å². The SMILES string of the molecule is CCC(C=O)(CC)c1ccccc1-c1ccccc1OC. The normalized spacial score (nSPS) is 11.2. The van der Waals surface area contributed by atoms with Crippen molar-refractivity contribution >= 4 is 6.29 Å². The molecule has 0 saturated heterocycles. The lowest BCUT2D eigenvalue weighted by molar-refractivity contribution is -0.112. The molecule has 2 aromatic carbocycles. The maximum absolute atomic E-state index is 11.8. The Morgan fingerprint density at radius 2 is 1.52 bits per heavy atom. The van der Waals surface area contributed by atoms with Gasteiger partial charge in [-0.15, -0.1) is 0 Å². The molecule has 0 saturated carbocycles. The minimum Gasteiger partial charge on any atom is -0.496 e. The molecule has 0 spiro atoms. The molecule has 0 aliphatic heterocycles. The number of ether oxygens (including phenoxy) is 1. The summed E-state index contributed by atoms with van der Waals surface area (Å²) in [6.07, 6.45) is 2.68. The van der Waals surface area contributed by atoms with E-state index in [1.165, 1.54) is 0 Å². The molecule has 2 aromatic rings. The summed E-state index contributed by atoms with van der Waals surface area (Å²) in [5.74, 6) is 0.831. The molecular weight excluding hydrogens is 260 g/mol. The minimum absolute atomic E-state index is 0.433. The molecule has 0 aromatic heterocycles. The van der Waals surface area contributed by atoms with Gasteiger partial charge >= 0.3 is 0 Å². The van der Waals surface area contributed by atoms with Crippen LogP contribution in [0, 0.1) is 0 Å². The average Bonchev–Trinajstić information content (AvgIpc) is 2.57. The van der Waals surface area contributed by atoms with Crippen LogP contribution in [0.25, 0.3) is 11.1 Å². The molecule has 0 aliphatic rings. The van der Waals surface area contributed by atoms with Crippen molar-refractivity contribution < 1.29 is 9.53 Å². The van der Waals surface area contributed by atoms with Crippen LogP contribution in [0.5, 0.6) is 5.75 Å². The highest BCUT2D eigenvalue weighted by atomic mass is 16.5. The molecule has 0 aliphatic carbocycles. The number of benzene rings is 2. The number of hydrogen-bond acceptors (Lipinski definition) is 2. The van der Waals surface area contributed by atoms with Gasteiger partial charge in [-0.3, -0.25) is 0 Å². The Kier molecular flexibility index (Phi) is 4.79. The molecule has 0 bridgehead atoms. The van der Waals surface area contributed by atoms with E-state index < -0.39 is 5.41 Å². The smallest absolute Gasteiger partial charge is 0.130 e. The Bertz CT molecular complexity index is 612. The van der Waals surface area contributed by atoms with Gasteiger partial charge in [-0.1, -0.05) is 56.3 Å². The molecule has 0 atom stereocenters. The third-order valence-corrected chi connectivity index (χ3v) is 4.35. The Morgan fingerprint density at radius 1 is 0.952 bits per heavy atom. The van der Waals surface area contributed by atoms with Crippen molar-refractivity contribution in [3.63, 3.8) is 0 Å². The number of aldehydes is 1. The lowest BCUT2D eigenvalue weighted by Gasteiger charge is -2.28. The first-order valence-electron chi connectivity index (χ1n) is 7.41. The van der Waals surface area contributed by atoms with Crippen LogP contribution in [0.4, 0.5) is 0 Å². The number of hydrogen-bond donors (Lipinski definition) is 0. The zero-order valence-electron chi connectivity index (χ0n) is 12.9. The number of methoxy groups -OCH3 is 1. The van der Waals surface area contributed by atoms with Crippen molar-refractivity contribution in [2.45, 2.75) is 32.1 Å². The first kappa shape index (κ1) is 15.3. The van der Waals surface area contributed by atoms with Gasteiger partial charge in [0.1, 0.15) is 12.0 Å². The van der Waals surface area contributed by atoms with E-state index >= 15 is 0 Å². The second kappa shape index (κ2) is 6.57. The van der Waals surface area contributed by atoms with E-state index in [0.717, 1.165) is 41.6 Å². The third-order valence-electron chi connectivity index (χ3n) is 4.35. The van der Waals surface area contributed by atoms with E-state index in [2.05, 4.69) is 26.0 Å². The van der Waals surface area contributed by atoms with E-state index in [9.17, 15) is 4.79 Å². The summed E-state index contributed by atoms with van der Waals surface area (Å²) < 4.78 is 5.48. The molecule has 0 unspecified atom stereocenters. The second-order valence-corrected chi connectivity index (χ2v) is 5.23. The molecule has 110 valence electrons. The van der Waals surface area contributed by atoms with Crippen LogP contribution in [0.15, 0.2) is 48.5 Å². The molecule has 21 heavy (non-hydrogen) atoms. The highest BCUT2D eigenvalue weighted by molar-refractivity contribution is 5.80. The monoisotopic (exact) mass is 282 g/mol. The van der Waals surface area contributed by atoms with Crippen LogP contribution < -0.4 is 4.74 Å². The molecule has 2 nitrogen and oxygen atoms in total.